The summed E-state index contributed by atoms with van der Waals surface area (Å²) in [4.78, 5) is 11.6. The molecule has 1 aliphatic carbocycles. The fourth-order valence-corrected chi connectivity index (χ4v) is 2.30. The van der Waals surface area contributed by atoms with Gasteiger partial charge < -0.3 is 10.6 Å². The van der Waals surface area contributed by atoms with E-state index in [-0.39, 0.29) is 5.91 Å². The first-order chi connectivity index (χ1) is 6.74. The summed E-state index contributed by atoms with van der Waals surface area (Å²) >= 11 is 0. The van der Waals surface area contributed by atoms with Gasteiger partial charge in [0.05, 0.1) is 0 Å². The van der Waals surface area contributed by atoms with Gasteiger partial charge in [-0.3, -0.25) is 4.79 Å². The zero-order valence-electron chi connectivity index (χ0n) is 8.84. The predicted octanol–water partition coefficient (Wildman–Crippen LogP) is 0.677. The lowest BCUT2D eigenvalue weighted by molar-refractivity contribution is -0.117. The van der Waals surface area contributed by atoms with E-state index in [1.807, 2.05) is 19.9 Å². The minimum absolute atomic E-state index is 0.117. The van der Waals surface area contributed by atoms with Crippen molar-refractivity contribution in [3.63, 3.8) is 0 Å². The third-order valence-electron chi connectivity index (χ3n) is 3.26. The van der Waals surface area contributed by atoms with Crippen molar-refractivity contribution in [3.05, 3.63) is 11.6 Å². The minimum atomic E-state index is 0.117. The van der Waals surface area contributed by atoms with E-state index in [2.05, 4.69) is 10.6 Å². The number of allylic oxidation sites excluding steroid dienone is 1. The highest BCUT2D eigenvalue weighted by atomic mass is 16.1. The number of hydrogen-bond acceptors (Lipinski definition) is 2. The number of hydrogen-bond donors (Lipinski definition) is 2. The summed E-state index contributed by atoms with van der Waals surface area (Å²) in [7, 11) is 0. The van der Waals surface area contributed by atoms with Crippen molar-refractivity contribution in [2.75, 3.05) is 13.1 Å². The van der Waals surface area contributed by atoms with E-state index in [4.69, 9.17) is 0 Å². The van der Waals surface area contributed by atoms with Crippen molar-refractivity contribution in [1.29, 1.82) is 0 Å². The topological polar surface area (TPSA) is 41.1 Å². The molecule has 3 heteroatoms. The van der Waals surface area contributed by atoms with E-state index in [1.54, 1.807) is 0 Å². The number of carbonyl (C=O) groups excluding carboxylic acids is 1. The Morgan fingerprint density at radius 3 is 2.71 bits per heavy atom. The molecule has 78 valence electrons. The highest BCUT2D eigenvalue weighted by Gasteiger charge is 2.53. The second kappa shape index (κ2) is 3.73. The quantitative estimate of drug-likeness (QED) is 0.649. The molecule has 0 aromatic carbocycles. The maximum atomic E-state index is 11.6. The Morgan fingerprint density at radius 2 is 2.14 bits per heavy atom. The van der Waals surface area contributed by atoms with Crippen molar-refractivity contribution in [3.8, 4) is 0 Å². The molecule has 0 aromatic heterocycles. The van der Waals surface area contributed by atoms with Gasteiger partial charge in [-0.25, -0.2) is 0 Å². The Labute approximate surface area is 84.9 Å². The summed E-state index contributed by atoms with van der Waals surface area (Å²) in [5, 5.41) is 6.41. The van der Waals surface area contributed by atoms with E-state index in [0.717, 1.165) is 25.1 Å². The van der Waals surface area contributed by atoms with Crippen molar-refractivity contribution in [1.82, 2.24) is 10.6 Å². The van der Waals surface area contributed by atoms with Crippen LogP contribution < -0.4 is 10.6 Å². The molecule has 1 heterocycles. The van der Waals surface area contributed by atoms with Gasteiger partial charge in [-0.2, -0.15) is 0 Å². The van der Waals surface area contributed by atoms with Crippen LogP contribution in [0.15, 0.2) is 11.6 Å². The molecular formula is C11H18N2O. The van der Waals surface area contributed by atoms with Gasteiger partial charge in [0, 0.05) is 24.7 Å². The van der Waals surface area contributed by atoms with Gasteiger partial charge in [-0.15, -0.1) is 0 Å². The molecule has 2 atom stereocenters. The van der Waals surface area contributed by atoms with E-state index < -0.39 is 0 Å². The molecule has 0 aromatic rings. The van der Waals surface area contributed by atoms with Crippen LogP contribution in [0.25, 0.3) is 0 Å². The molecule has 1 aliphatic heterocycles. The summed E-state index contributed by atoms with van der Waals surface area (Å²) in [5.74, 6) is 1.52. The highest BCUT2D eigenvalue weighted by molar-refractivity contribution is 5.93. The van der Waals surface area contributed by atoms with Crippen LogP contribution in [0.5, 0.6) is 0 Å². The third-order valence-corrected chi connectivity index (χ3v) is 3.26. The molecular weight excluding hydrogens is 176 g/mol. The smallest absolute Gasteiger partial charge is 0.246 e. The molecule has 2 aliphatic rings. The first kappa shape index (κ1) is 9.71. The lowest BCUT2D eigenvalue weighted by Gasteiger charge is -2.07. The Hall–Kier alpha value is -0.830. The molecule has 0 spiro atoms. The molecule has 2 fully saturated rings. The molecule has 14 heavy (non-hydrogen) atoms. The molecule has 1 saturated carbocycles. The summed E-state index contributed by atoms with van der Waals surface area (Å²) in [6, 6.07) is 0.448. The first-order valence-corrected chi connectivity index (χ1v) is 5.42. The first-order valence-electron chi connectivity index (χ1n) is 5.42. The van der Waals surface area contributed by atoms with Crippen LogP contribution in [0.3, 0.4) is 0 Å². The summed E-state index contributed by atoms with van der Waals surface area (Å²) in [6.07, 6.45) is 2.91. The zero-order valence-corrected chi connectivity index (χ0v) is 8.84. The lowest BCUT2D eigenvalue weighted by atomic mass is 10.2. The van der Waals surface area contributed by atoms with Crippen molar-refractivity contribution >= 4 is 5.91 Å². The normalized spacial score (nSPS) is 35.3. The molecule has 1 amide bonds. The lowest BCUT2D eigenvalue weighted by Crippen LogP contribution is -2.32. The fourth-order valence-electron chi connectivity index (χ4n) is 2.30. The Balaban J connectivity index is 1.82. The molecule has 3 nitrogen and oxygen atoms in total. The summed E-state index contributed by atoms with van der Waals surface area (Å²) in [5.41, 5.74) is 0.852. The number of piperidine rings is 1. The predicted molar refractivity (Wildman–Crippen MR) is 55.8 cm³/mol. The van der Waals surface area contributed by atoms with Crippen LogP contribution in [-0.2, 0) is 4.79 Å². The minimum Gasteiger partial charge on any atom is -0.349 e. The van der Waals surface area contributed by atoms with Crippen molar-refractivity contribution in [2.24, 2.45) is 11.8 Å². The summed E-state index contributed by atoms with van der Waals surface area (Å²) < 4.78 is 0. The standard InChI is InChI=1S/C11H18N2O/c1-3-4-7(2)11(14)13-10-8-5-12-6-9(8)10/h4,8-10,12H,3,5-6H2,1-2H3,(H,13,14)/b7-4+. The average Bonchev–Trinajstić information content (AvgIpc) is 2.64. The monoisotopic (exact) mass is 194 g/mol. The Bertz CT molecular complexity index is 262. The van der Waals surface area contributed by atoms with E-state index >= 15 is 0 Å². The second-order valence-electron chi connectivity index (χ2n) is 4.28. The van der Waals surface area contributed by atoms with Crippen LogP contribution >= 0.6 is 0 Å². The highest BCUT2D eigenvalue weighted by Crippen LogP contribution is 2.41. The van der Waals surface area contributed by atoms with E-state index in [1.165, 1.54) is 0 Å². The SMILES string of the molecule is CC/C=C(\C)C(=O)NC1C2CNCC21. The third kappa shape index (κ3) is 1.69. The average molecular weight is 194 g/mol. The Morgan fingerprint density at radius 1 is 1.50 bits per heavy atom. The van der Waals surface area contributed by atoms with Crippen LogP contribution in [0.4, 0.5) is 0 Å². The molecule has 2 rings (SSSR count). The van der Waals surface area contributed by atoms with Gasteiger partial charge >= 0.3 is 0 Å². The fraction of sp³-hybridized carbons (Fsp3) is 0.727. The number of fused-ring (bicyclic) bond motifs is 1. The molecule has 0 radical (unpaired) electrons. The maximum absolute atomic E-state index is 11.6. The maximum Gasteiger partial charge on any atom is 0.246 e. The van der Waals surface area contributed by atoms with Crippen molar-refractivity contribution in [2.45, 2.75) is 26.3 Å². The largest absolute Gasteiger partial charge is 0.349 e. The van der Waals surface area contributed by atoms with Crippen LogP contribution in [0.1, 0.15) is 20.3 Å². The molecule has 1 saturated heterocycles. The van der Waals surface area contributed by atoms with Gasteiger partial charge in [0.1, 0.15) is 0 Å². The zero-order chi connectivity index (χ0) is 10.1. The van der Waals surface area contributed by atoms with E-state index in [0.29, 0.717) is 17.9 Å². The molecule has 2 N–H and O–H groups in total. The number of amides is 1. The number of nitrogens with one attached hydrogen (secondary N) is 2. The van der Waals surface area contributed by atoms with Gasteiger partial charge in [0.15, 0.2) is 0 Å². The van der Waals surface area contributed by atoms with Crippen molar-refractivity contribution < 1.29 is 4.79 Å². The van der Waals surface area contributed by atoms with Gasteiger partial charge in [0.25, 0.3) is 0 Å². The van der Waals surface area contributed by atoms with Crippen LogP contribution in [0, 0.1) is 11.8 Å². The van der Waals surface area contributed by atoms with Gasteiger partial charge in [-0.1, -0.05) is 13.0 Å². The van der Waals surface area contributed by atoms with Crippen LogP contribution in [-0.4, -0.2) is 25.0 Å². The van der Waals surface area contributed by atoms with Gasteiger partial charge in [-0.05, 0) is 25.2 Å². The number of rotatable bonds is 3. The number of carbonyl (C=O) groups is 1. The second-order valence-corrected chi connectivity index (χ2v) is 4.28. The van der Waals surface area contributed by atoms with E-state index in [9.17, 15) is 4.79 Å². The molecule has 0 bridgehead atoms. The molecule has 2 unspecified atom stereocenters. The Kier molecular flexibility index (Phi) is 2.59. The van der Waals surface area contributed by atoms with Crippen LogP contribution in [0.2, 0.25) is 0 Å². The summed E-state index contributed by atoms with van der Waals surface area (Å²) in [6.45, 7) is 6.08. The van der Waals surface area contributed by atoms with Gasteiger partial charge in [0.2, 0.25) is 5.91 Å².